The molecule has 27 heavy (non-hydrogen) atoms. The second-order valence-corrected chi connectivity index (χ2v) is 7.01. The highest BCUT2D eigenvalue weighted by Crippen LogP contribution is 2.32. The second kappa shape index (κ2) is 6.96. The summed E-state index contributed by atoms with van der Waals surface area (Å²) in [5, 5.41) is 17.4. The van der Waals surface area contributed by atoms with Gasteiger partial charge in [0.1, 0.15) is 11.5 Å². The van der Waals surface area contributed by atoms with Crippen LogP contribution in [0.25, 0.3) is 11.1 Å². The minimum absolute atomic E-state index is 0.141. The van der Waals surface area contributed by atoms with E-state index in [0.717, 1.165) is 13.1 Å². The van der Waals surface area contributed by atoms with Gasteiger partial charge in [0.2, 0.25) is 0 Å². The van der Waals surface area contributed by atoms with E-state index in [1.807, 2.05) is 0 Å². The van der Waals surface area contributed by atoms with E-state index in [1.165, 1.54) is 18.2 Å². The molecule has 0 aromatic heterocycles. The fourth-order valence-corrected chi connectivity index (χ4v) is 3.83. The van der Waals surface area contributed by atoms with Crippen LogP contribution in [-0.2, 0) is 0 Å². The SMILES string of the molecule is O=C(Nc1cc(-c2ccc(F)cc2)ccc1[N+](=O)[O-])N1CC2CNCC2C1. The number of likely N-dealkylation sites (tertiary alicyclic amines) is 1. The van der Waals surface area contributed by atoms with Crippen LogP contribution in [0.15, 0.2) is 42.5 Å². The van der Waals surface area contributed by atoms with Gasteiger partial charge in [-0.2, -0.15) is 0 Å². The third-order valence-corrected chi connectivity index (χ3v) is 5.29. The summed E-state index contributed by atoms with van der Waals surface area (Å²) in [6, 6.07) is 10.0. The summed E-state index contributed by atoms with van der Waals surface area (Å²) in [5.41, 5.74) is 1.35. The lowest BCUT2D eigenvalue weighted by atomic mass is 10.0. The summed E-state index contributed by atoms with van der Waals surface area (Å²) >= 11 is 0. The number of amides is 2. The Morgan fingerprint density at radius 2 is 1.74 bits per heavy atom. The first-order chi connectivity index (χ1) is 13.0. The van der Waals surface area contributed by atoms with Crippen LogP contribution in [0, 0.1) is 27.8 Å². The van der Waals surface area contributed by atoms with Gasteiger partial charge in [-0.15, -0.1) is 0 Å². The quantitative estimate of drug-likeness (QED) is 0.642. The van der Waals surface area contributed by atoms with Crippen molar-refractivity contribution in [1.82, 2.24) is 10.2 Å². The van der Waals surface area contributed by atoms with Crippen molar-refractivity contribution in [2.75, 3.05) is 31.5 Å². The number of nitro benzene ring substituents is 1. The third-order valence-electron chi connectivity index (χ3n) is 5.29. The van der Waals surface area contributed by atoms with Crippen molar-refractivity contribution >= 4 is 17.4 Å². The first-order valence-corrected chi connectivity index (χ1v) is 8.82. The number of hydrogen-bond donors (Lipinski definition) is 2. The maximum atomic E-state index is 13.1. The van der Waals surface area contributed by atoms with Crippen LogP contribution < -0.4 is 10.6 Å². The van der Waals surface area contributed by atoms with E-state index < -0.39 is 4.92 Å². The molecular weight excluding hydrogens is 351 g/mol. The summed E-state index contributed by atoms with van der Waals surface area (Å²) in [7, 11) is 0. The van der Waals surface area contributed by atoms with Crippen LogP contribution in [0.1, 0.15) is 0 Å². The van der Waals surface area contributed by atoms with Gasteiger partial charge in [-0.25, -0.2) is 9.18 Å². The highest BCUT2D eigenvalue weighted by Gasteiger charge is 2.38. The van der Waals surface area contributed by atoms with Crippen molar-refractivity contribution < 1.29 is 14.1 Å². The smallest absolute Gasteiger partial charge is 0.322 e. The van der Waals surface area contributed by atoms with Gasteiger partial charge in [0, 0.05) is 32.2 Å². The number of nitrogens with zero attached hydrogens (tertiary/aromatic N) is 2. The average molecular weight is 370 g/mol. The number of carbonyl (C=O) groups excluding carboxylic acids is 1. The fraction of sp³-hybridized carbons (Fsp3) is 0.316. The van der Waals surface area contributed by atoms with Crippen molar-refractivity contribution in [1.29, 1.82) is 0 Å². The Kier molecular flexibility index (Phi) is 4.49. The highest BCUT2D eigenvalue weighted by atomic mass is 19.1. The van der Waals surface area contributed by atoms with Crippen LogP contribution in [0.3, 0.4) is 0 Å². The lowest BCUT2D eigenvalue weighted by molar-refractivity contribution is -0.383. The predicted octanol–water partition coefficient (Wildman–Crippen LogP) is 3.08. The monoisotopic (exact) mass is 370 g/mol. The molecule has 0 aliphatic carbocycles. The summed E-state index contributed by atoms with van der Waals surface area (Å²) in [4.78, 5) is 25.2. The molecule has 2 aliphatic heterocycles. The molecule has 0 saturated carbocycles. The Labute approximate surface area is 155 Å². The zero-order chi connectivity index (χ0) is 19.0. The molecule has 0 spiro atoms. The lowest BCUT2D eigenvalue weighted by Crippen LogP contribution is -2.35. The standard InChI is InChI=1S/C19H19FN4O3/c20-16-4-1-12(2-5-16)13-3-6-18(24(26)27)17(7-13)22-19(25)23-10-14-8-21-9-15(14)11-23/h1-7,14-15,21H,8-11H2,(H,22,25). The van der Waals surface area contributed by atoms with Crippen LogP contribution >= 0.6 is 0 Å². The molecule has 0 radical (unpaired) electrons. The topological polar surface area (TPSA) is 87.5 Å². The van der Waals surface area contributed by atoms with Gasteiger partial charge in [-0.1, -0.05) is 12.1 Å². The third kappa shape index (κ3) is 3.48. The zero-order valence-corrected chi connectivity index (χ0v) is 14.5. The molecular formula is C19H19FN4O3. The van der Waals surface area contributed by atoms with Gasteiger partial charge in [-0.3, -0.25) is 10.1 Å². The number of halogens is 1. The van der Waals surface area contributed by atoms with Crippen molar-refractivity contribution in [3.05, 3.63) is 58.4 Å². The van der Waals surface area contributed by atoms with E-state index in [9.17, 15) is 19.3 Å². The van der Waals surface area contributed by atoms with Gasteiger partial charge in [0.15, 0.2) is 0 Å². The number of nitro groups is 1. The molecule has 2 heterocycles. The largest absolute Gasteiger partial charge is 0.324 e. The van der Waals surface area contributed by atoms with Crippen molar-refractivity contribution in [2.24, 2.45) is 11.8 Å². The Bertz CT molecular complexity index is 875. The molecule has 2 fully saturated rings. The van der Waals surface area contributed by atoms with Gasteiger partial charge in [0.05, 0.1) is 4.92 Å². The molecule has 140 valence electrons. The Morgan fingerprint density at radius 3 is 2.37 bits per heavy atom. The molecule has 0 bridgehead atoms. The molecule has 7 nitrogen and oxygen atoms in total. The molecule has 2 atom stereocenters. The molecule has 4 rings (SSSR count). The molecule has 2 aromatic rings. The van der Waals surface area contributed by atoms with Crippen LogP contribution in [0.5, 0.6) is 0 Å². The van der Waals surface area contributed by atoms with Crippen LogP contribution in [0.4, 0.5) is 20.6 Å². The first-order valence-electron chi connectivity index (χ1n) is 8.82. The van der Waals surface area contributed by atoms with Crippen molar-refractivity contribution in [3.63, 3.8) is 0 Å². The molecule has 2 unspecified atom stereocenters. The van der Waals surface area contributed by atoms with Crippen LogP contribution in [-0.4, -0.2) is 42.0 Å². The Morgan fingerprint density at radius 1 is 1.11 bits per heavy atom. The summed E-state index contributed by atoms with van der Waals surface area (Å²) in [5.74, 6) is 0.524. The van der Waals surface area contributed by atoms with E-state index in [4.69, 9.17) is 0 Å². The molecule has 2 aromatic carbocycles. The van der Waals surface area contributed by atoms with E-state index in [-0.39, 0.29) is 23.2 Å². The van der Waals surface area contributed by atoms with Gasteiger partial charge in [0.25, 0.3) is 5.69 Å². The Hall–Kier alpha value is -3.00. The molecule has 2 saturated heterocycles. The summed E-state index contributed by atoms with van der Waals surface area (Å²) in [6.45, 7) is 3.09. The normalized spacial score (nSPS) is 21.1. The average Bonchev–Trinajstić information content (AvgIpc) is 3.24. The van der Waals surface area contributed by atoms with E-state index in [1.54, 1.807) is 29.2 Å². The van der Waals surface area contributed by atoms with E-state index >= 15 is 0 Å². The summed E-state index contributed by atoms with van der Waals surface area (Å²) in [6.07, 6.45) is 0. The van der Waals surface area contributed by atoms with Crippen molar-refractivity contribution in [2.45, 2.75) is 0 Å². The molecule has 2 N–H and O–H groups in total. The van der Waals surface area contributed by atoms with Gasteiger partial charge < -0.3 is 15.5 Å². The number of fused-ring (bicyclic) bond motifs is 1. The van der Waals surface area contributed by atoms with Gasteiger partial charge >= 0.3 is 6.03 Å². The fourth-order valence-electron chi connectivity index (χ4n) is 3.83. The molecule has 8 heteroatoms. The van der Waals surface area contributed by atoms with E-state index in [0.29, 0.717) is 36.1 Å². The van der Waals surface area contributed by atoms with Crippen molar-refractivity contribution in [3.8, 4) is 11.1 Å². The minimum Gasteiger partial charge on any atom is -0.324 e. The first kappa shape index (κ1) is 17.4. The predicted molar refractivity (Wildman–Crippen MR) is 98.9 cm³/mol. The highest BCUT2D eigenvalue weighted by molar-refractivity contribution is 5.93. The second-order valence-electron chi connectivity index (χ2n) is 7.01. The summed E-state index contributed by atoms with van der Waals surface area (Å²) < 4.78 is 13.1. The number of anilines is 1. The maximum absolute atomic E-state index is 13.1. The number of nitrogens with one attached hydrogen (secondary N) is 2. The van der Waals surface area contributed by atoms with E-state index in [2.05, 4.69) is 10.6 Å². The number of rotatable bonds is 3. The number of hydrogen-bond acceptors (Lipinski definition) is 4. The number of urea groups is 1. The minimum atomic E-state index is -0.521. The molecule has 2 aliphatic rings. The zero-order valence-electron chi connectivity index (χ0n) is 14.5. The number of benzene rings is 2. The maximum Gasteiger partial charge on any atom is 0.322 e. The van der Waals surface area contributed by atoms with Gasteiger partial charge in [-0.05, 0) is 47.2 Å². The number of carbonyl (C=O) groups is 1. The molecule has 2 amide bonds. The van der Waals surface area contributed by atoms with Crippen LogP contribution in [0.2, 0.25) is 0 Å². The Balaban J connectivity index is 1.58. The lowest BCUT2D eigenvalue weighted by Gasteiger charge is -2.18.